The summed E-state index contributed by atoms with van der Waals surface area (Å²) in [6, 6.07) is 5.32. The van der Waals surface area contributed by atoms with Crippen LogP contribution < -0.4 is 5.32 Å². The second-order valence-corrected chi connectivity index (χ2v) is 4.18. The summed E-state index contributed by atoms with van der Waals surface area (Å²) in [5.74, 6) is -0.141. The molecular formula is C13H20FNO. The first kappa shape index (κ1) is 13.1. The topological polar surface area (TPSA) is 21.3 Å². The average Bonchev–Trinajstić information content (AvgIpc) is 2.22. The van der Waals surface area contributed by atoms with Crippen LogP contribution in [-0.2, 0) is 11.3 Å². The fraction of sp³-hybridized carbons (Fsp3) is 0.538. The molecule has 0 atom stereocenters. The second-order valence-electron chi connectivity index (χ2n) is 4.18. The van der Waals surface area contributed by atoms with E-state index in [1.807, 2.05) is 19.9 Å². The van der Waals surface area contributed by atoms with Gasteiger partial charge >= 0.3 is 0 Å². The molecule has 2 nitrogen and oxygen atoms in total. The summed E-state index contributed by atoms with van der Waals surface area (Å²) in [6.07, 6.45) is 0.263. The lowest BCUT2D eigenvalue weighted by Crippen LogP contribution is -2.21. The molecule has 0 aliphatic rings. The maximum absolute atomic E-state index is 13.2. The molecule has 0 radical (unpaired) electrons. The van der Waals surface area contributed by atoms with Gasteiger partial charge in [-0.2, -0.15) is 0 Å². The number of rotatable bonds is 6. The highest BCUT2D eigenvalue weighted by Crippen LogP contribution is 2.08. The van der Waals surface area contributed by atoms with E-state index in [9.17, 15) is 4.39 Å². The molecule has 90 valence electrons. The highest BCUT2D eigenvalue weighted by molar-refractivity contribution is 5.23. The Balaban J connectivity index is 2.24. The van der Waals surface area contributed by atoms with Crippen LogP contribution in [0.3, 0.4) is 0 Å². The van der Waals surface area contributed by atoms with Crippen LogP contribution in [0.15, 0.2) is 18.2 Å². The molecule has 1 aromatic carbocycles. The van der Waals surface area contributed by atoms with Crippen LogP contribution in [0.1, 0.15) is 25.0 Å². The van der Waals surface area contributed by atoms with Gasteiger partial charge in [-0.3, -0.25) is 0 Å². The fourth-order valence-corrected chi connectivity index (χ4v) is 1.35. The molecule has 3 heteroatoms. The van der Waals surface area contributed by atoms with Crippen molar-refractivity contribution < 1.29 is 9.13 Å². The molecule has 0 aliphatic heterocycles. The minimum Gasteiger partial charge on any atom is -0.377 e. The number of benzene rings is 1. The number of ether oxygens (including phenoxy) is 1. The summed E-state index contributed by atoms with van der Waals surface area (Å²) in [5.41, 5.74) is 1.65. The molecule has 0 spiro atoms. The van der Waals surface area contributed by atoms with E-state index in [4.69, 9.17) is 4.74 Å². The quantitative estimate of drug-likeness (QED) is 0.751. The second kappa shape index (κ2) is 6.61. The number of hydrogen-bond donors (Lipinski definition) is 1. The van der Waals surface area contributed by atoms with Crippen molar-refractivity contribution in [1.82, 2.24) is 5.32 Å². The molecule has 0 aliphatic carbocycles. The summed E-state index contributed by atoms with van der Waals surface area (Å²) >= 11 is 0. The van der Waals surface area contributed by atoms with Crippen LogP contribution in [0.25, 0.3) is 0 Å². The van der Waals surface area contributed by atoms with E-state index in [-0.39, 0.29) is 11.9 Å². The zero-order valence-electron chi connectivity index (χ0n) is 10.2. The van der Waals surface area contributed by atoms with E-state index in [1.165, 1.54) is 0 Å². The first-order chi connectivity index (χ1) is 7.59. The van der Waals surface area contributed by atoms with E-state index in [1.54, 1.807) is 19.1 Å². The fourth-order valence-electron chi connectivity index (χ4n) is 1.35. The minimum atomic E-state index is -0.141. The molecule has 0 saturated carbocycles. The Hall–Kier alpha value is -0.930. The maximum Gasteiger partial charge on any atom is 0.126 e. The Morgan fingerprint density at radius 2 is 2.12 bits per heavy atom. The molecule has 1 N–H and O–H groups in total. The summed E-state index contributed by atoms with van der Waals surface area (Å²) in [6.45, 7) is 7.94. The maximum atomic E-state index is 13.2. The van der Waals surface area contributed by atoms with Gasteiger partial charge in [0.25, 0.3) is 0 Å². The van der Waals surface area contributed by atoms with Crippen molar-refractivity contribution >= 4 is 0 Å². The lowest BCUT2D eigenvalue weighted by atomic mass is 10.1. The molecule has 0 saturated heterocycles. The molecule has 0 unspecified atom stereocenters. The van der Waals surface area contributed by atoms with Crippen LogP contribution in [-0.4, -0.2) is 19.3 Å². The standard InChI is InChI=1S/C13H20FNO/c1-10(2)16-7-6-15-9-12-5-4-11(3)13(14)8-12/h4-5,8,10,15H,6-7,9H2,1-3H3. The normalized spacial score (nSPS) is 11.1. The predicted molar refractivity (Wildman–Crippen MR) is 63.9 cm³/mol. The van der Waals surface area contributed by atoms with Gasteiger partial charge in [-0.1, -0.05) is 12.1 Å². The molecular weight excluding hydrogens is 205 g/mol. The van der Waals surface area contributed by atoms with Gasteiger partial charge in [-0.15, -0.1) is 0 Å². The van der Waals surface area contributed by atoms with E-state index < -0.39 is 0 Å². The summed E-state index contributed by atoms with van der Waals surface area (Å²) in [5, 5.41) is 3.21. The summed E-state index contributed by atoms with van der Waals surface area (Å²) in [4.78, 5) is 0. The molecule has 0 amide bonds. The summed E-state index contributed by atoms with van der Waals surface area (Å²) < 4.78 is 18.6. The van der Waals surface area contributed by atoms with Crippen molar-refractivity contribution in [2.75, 3.05) is 13.2 Å². The molecule has 0 heterocycles. The lowest BCUT2D eigenvalue weighted by Gasteiger charge is -2.09. The lowest BCUT2D eigenvalue weighted by molar-refractivity contribution is 0.0807. The Bertz CT molecular complexity index is 326. The molecule has 0 aromatic heterocycles. The van der Waals surface area contributed by atoms with Gasteiger partial charge in [0.2, 0.25) is 0 Å². The largest absolute Gasteiger partial charge is 0.377 e. The highest BCUT2D eigenvalue weighted by Gasteiger charge is 1.99. The minimum absolute atomic E-state index is 0.141. The van der Waals surface area contributed by atoms with Crippen LogP contribution in [0.5, 0.6) is 0 Å². The van der Waals surface area contributed by atoms with Crippen molar-refractivity contribution in [2.24, 2.45) is 0 Å². The zero-order valence-corrected chi connectivity index (χ0v) is 10.2. The van der Waals surface area contributed by atoms with E-state index in [2.05, 4.69) is 5.32 Å². The monoisotopic (exact) mass is 225 g/mol. The van der Waals surface area contributed by atoms with Crippen LogP contribution >= 0.6 is 0 Å². The average molecular weight is 225 g/mol. The van der Waals surface area contributed by atoms with E-state index >= 15 is 0 Å². The smallest absolute Gasteiger partial charge is 0.126 e. The van der Waals surface area contributed by atoms with Gasteiger partial charge in [0, 0.05) is 13.1 Å². The predicted octanol–water partition coefficient (Wildman–Crippen LogP) is 2.65. The van der Waals surface area contributed by atoms with Crippen molar-refractivity contribution in [1.29, 1.82) is 0 Å². The number of halogens is 1. The Morgan fingerprint density at radius 3 is 2.75 bits per heavy atom. The van der Waals surface area contributed by atoms with Crippen LogP contribution in [0.4, 0.5) is 4.39 Å². The SMILES string of the molecule is Cc1ccc(CNCCOC(C)C)cc1F. The molecule has 0 fully saturated rings. The number of hydrogen-bond acceptors (Lipinski definition) is 2. The Labute approximate surface area is 96.8 Å². The van der Waals surface area contributed by atoms with Crippen molar-refractivity contribution in [3.63, 3.8) is 0 Å². The third-order valence-electron chi connectivity index (χ3n) is 2.30. The van der Waals surface area contributed by atoms with Crippen LogP contribution in [0.2, 0.25) is 0 Å². The summed E-state index contributed by atoms with van der Waals surface area (Å²) in [7, 11) is 0. The molecule has 1 aromatic rings. The van der Waals surface area contributed by atoms with Gasteiger partial charge in [-0.25, -0.2) is 4.39 Å². The van der Waals surface area contributed by atoms with E-state index in [0.29, 0.717) is 18.7 Å². The zero-order chi connectivity index (χ0) is 12.0. The number of aryl methyl sites for hydroxylation is 1. The third-order valence-corrected chi connectivity index (χ3v) is 2.30. The number of nitrogens with one attached hydrogen (secondary N) is 1. The molecule has 1 rings (SSSR count). The van der Waals surface area contributed by atoms with Gasteiger partial charge in [0.05, 0.1) is 12.7 Å². The van der Waals surface area contributed by atoms with Crippen LogP contribution in [0, 0.1) is 12.7 Å². The van der Waals surface area contributed by atoms with Crippen molar-refractivity contribution in [3.05, 3.63) is 35.1 Å². The Morgan fingerprint density at radius 1 is 1.38 bits per heavy atom. The van der Waals surface area contributed by atoms with Gasteiger partial charge in [-0.05, 0) is 38.0 Å². The molecule has 16 heavy (non-hydrogen) atoms. The van der Waals surface area contributed by atoms with Gasteiger partial charge < -0.3 is 10.1 Å². The van der Waals surface area contributed by atoms with Gasteiger partial charge in [0.15, 0.2) is 0 Å². The highest BCUT2D eigenvalue weighted by atomic mass is 19.1. The van der Waals surface area contributed by atoms with Crippen molar-refractivity contribution in [3.8, 4) is 0 Å². The third kappa shape index (κ3) is 4.73. The first-order valence-electron chi connectivity index (χ1n) is 5.67. The molecule has 0 bridgehead atoms. The Kier molecular flexibility index (Phi) is 5.43. The first-order valence-corrected chi connectivity index (χ1v) is 5.67. The van der Waals surface area contributed by atoms with E-state index in [0.717, 1.165) is 12.1 Å². The van der Waals surface area contributed by atoms with Gasteiger partial charge in [0.1, 0.15) is 5.82 Å². The van der Waals surface area contributed by atoms with Crippen molar-refractivity contribution in [2.45, 2.75) is 33.4 Å².